The first kappa shape index (κ1) is 20.5. The molecule has 162 valence electrons. The third kappa shape index (κ3) is 4.32. The van der Waals surface area contributed by atoms with E-state index in [1.807, 2.05) is 48.5 Å². The molecule has 1 fully saturated rings. The van der Waals surface area contributed by atoms with E-state index in [0.29, 0.717) is 34.9 Å². The zero-order valence-electron chi connectivity index (χ0n) is 17.9. The van der Waals surface area contributed by atoms with Gasteiger partial charge in [-0.15, -0.1) is 0 Å². The predicted octanol–water partition coefficient (Wildman–Crippen LogP) is 4.50. The lowest BCUT2D eigenvalue weighted by molar-refractivity contribution is 0.0970. The van der Waals surface area contributed by atoms with E-state index in [1.54, 1.807) is 6.20 Å². The molecular weight excluding hydrogens is 400 g/mol. The number of piperidine rings is 1. The van der Waals surface area contributed by atoms with Crippen LogP contribution in [-0.2, 0) is 6.42 Å². The summed E-state index contributed by atoms with van der Waals surface area (Å²) in [7, 11) is 0. The summed E-state index contributed by atoms with van der Waals surface area (Å²) in [5.74, 6) is 1.12. The highest BCUT2D eigenvalue weighted by molar-refractivity contribution is 6.06. The van der Waals surface area contributed by atoms with Crippen molar-refractivity contribution in [2.75, 3.05) is 13.1 Å². The number of nitrogens with zero attached hydrogens (tertiary/aromatic N) is 2. The summed E-state index contributed by atoms with van der Waals surface area (Å²) < 4.78 is 0. The van der Waals surface area contributed by atoms with Gasteiger partial charge in [0.15, 0.2) is 11.6 Å². The maximum atomic E-state index is 12.9. The molecule has 5 rings (SSSR count). The molecule has 1 atom stereocenters. The molecule has 0 unspecified atom stereocenters. The van der Waals surface area contributed by atoms with E-state index in [4.69, 9.17) is 0 Å². The molecular formula is C26H26N4O2. The smallest absolute Gasteiger partial charge is 0.188 e. The van der Waals surface area contributed by atoms with Crippen molar-refractivity contribution in [3.8, 4) is 0 Å². The maximum absolute atomic E-state index is 12.9. The van der Waals surface area contributed by atoms with Gasteiger partial charge in [0.05, 0.1) is 17.5 Å². The zero-order valence-corrected chi connectivity index (χ0v) is 17.9. The van der Waals surface area contributed by atoms with Crippen LogP contribution in [0.3, 0.4) is 0 Å². The number of Topliss-reactive ketones (excluding diaryl/α,β-unsaturated/α-hetero) is 2. The van der Waals surface area contributed by atoms with Gasteiger partial charge in [-0.3, -0.25) is 14.6 Å². The highest BCUT2D eigenvalue weighted by Crippen LogP contribution is 2.22. The number of aromatic amines is 1. The molecule has 1 aliphatic heterocycles. The summed E-state index contributed by atoms with van der Waals surface area (Å²) in [6.07, 6.45) is 5.61. The summed E-state index contributed by atoms with van der Waals surface area (Å²) in [6, 6.07) is 15.2. The second-order valence-corrected chi connectivity index (χ2v) is 8.58. The number of aromatic nitrogens is 3. The first-order chi connectivity index (χ1) is 15.7. The van der Waals surface area contributed by atoms with Crippen molar-refractivity contribution in [1.82, 2.24) is 20.3 Å². The molecule has 6 heteroatoms. The number of carbonyl (C=O) groups is 2. The van der Waals surface area contributed by atoms with Crippen LogP contribution in [0.15, 0.2) is 54.7 Å². The molecule has 0 bridgehead atoms. The molecule has 4 aromatic rings. The van der Waals surface area contributed by atoms with E-state index in [9.17, 15) is 9.59 Å². The number of ketones is 2. The number of nitrogens with one attached hydrogen (secondary N) is 2. The molecule has 2 aromatic carbocycles. The van der Waals surface area contributed by atoms with Crippen LogP contribution in [0.4, 0.5) is 0 Å². The highest BCUT2D eigenvalue weighted by Gasteiger charge is 2.19. The fourth-order valence-electron chi connectivity index (χ4n) is 4.51. The molecule has 0 aliphatic carbocycles. The van der Waals surface area contributed by atoms with Crippen LogP contribution < -0.4 is 5.32 Å². The number of fused-ring (bicyclic) bond motifs is 2. The summed E-state index contributed by atoms with van der Waals surface area (Å²) in [5.41, 5.74) is 2.48. The van der Waals surface area contributed by atoms with Crippen LogP contribution >= 0.6 is 0 Å². The summed E-state index contributed by atoms with van der Waals surface area (Å²) >= 11 is 0. The van der Waals surface area contributed by atoms with Gasteiger partial charge in [0.1, 0.15) is 11.5 Å². The minimum atomic E-state index is -0.104. The molecule has 1 saturated heterocycles. The van der Waals surface area contributed by atoms with Gasteiger partial charge < -0.3 is 10.3 Å². The van der Waals surface area contributed by atoms with Crippen LogP contribution in [0.2, 0.25) is 0 Å². The van der Waals surface area contributed by atoms with Crippen LogP contribution in [0.25, 0.3) is 21.8 Å². The minimum absolute atomic E-state index is 0.104. The van der Waals surface area contributed by atoms with Gasteiger partial charge >= 0.3 is 0 Å². The van der Waals surface area contributed by atoms with Crippen molar-refractivity contribution in [3.05, 3.63) is 71.8 Å². The quantitative estimate of drug-likeness (QED) is 0.425. The van der Waals surface area contributed by atoms with E-state index >= 15 is 0 Å². The SMILES string of the molecule is O=C(Cc1nc2c(C(=O)CC[C@@H]3CCCNC3)cccc2[nH]1)c1cc2ccccc2cn1. The molecule has 1 aliphatic rings. The number of hydrogen-bond acceptors (Lipinski definition) is 5. The molecule has 2 aromatic heterocycles. The lowest BCUT2D eigenvalue weighted by Crippen LogP contribution is -2.30. The van der Waals surface area contributed by atoms with Gasteiger partial charge in [0.2, 0.25) is 0 Å². The van der Waals surface area contributed by atoms with Gasteiger partial charge in [-0.1, -0.05) is 30.3 Å². The second kappa shape index (κ2) is 9.01. The Morgan fingerprint density at radius 2 is 1.91 bits per heavy atom. The predicted molar refractivity (Wildman–Crippen MR) is 125 cm³/mol. The molecule has 3 heterocycles. The lowest BCUT2D eigenvalue weighted by atomic mass is 9.92. The molecule has 2 N–H and O–H groups in total. The maximum Gasteiger partial charge on any atom is 0.188 e. The summed E-state index contributed by atoms with van der Waals surface area (Å²) in [5, 5.41) is 5.39. The van der Waals surface area contributed by atoms with Gasteiger partial charge in [-0.25, -0.2) is 4.98 Å². The fourth-order valence-corrected chi connectivity index (χ4v) is 4.51. The van der Waals surface area contributed by atoms with Crippen molar-refractivity contribution >= 4 is 33.4 Å². The standard InChI is InChI=1S/C26H26N4O2/c31-23(11-10-17-5-4-12-27-15-17)20-8-3-9-21-26(20)30-25(29-21)14-24(32)22-13-18-6-1-2-7-19(18)16-28-22/h1-3,6-9,13,16-17,27H,4-5,10-12,14-15H2,(H,29,30)/t17-/m0/s1. The third-order valence-corrected chi connectivity index (χ3v) is 6.29. The lowest BCUT2D eigenvalue weighted by Gasteiger charge is -2.22. The average Bonchev–Trinajstić information content (AvgIpc) is 3.25. The molecule has 32 heavy (non-hydrogen) atoms. The van der Waals surface area contributed by atoms with Gasteiger partial charge in [0, 0.05) is 23.6 Å². The minimum Gasteiger partial charge on any atom is -0.342 e. The Kier molecular flexibility index (Phi) is 5.77. The largest absolute Gasteiger partial charge is 0.342 e. The van der Waals surface area contributed by atoms with E-state index in [-0.39, 0.29) is 18.0 Å². The summed E-state index contributed by atoms with van der Waals surface area (Å²) in [6.45, 7) is 2.07. The van der Waals surface area contributed by atoms with E-state index in [2.05, 4.69) is 20.3 Å². The number of rotatable bonds is 7. The van der Waals surface area contributed by atoms with Crippen LogP contribution in [0.5, 0.6) is 0 Å². The van der Waals surface area contributed by atoms with Crippen molar-refractivity contribution in [2.24, 2.45) is 5.92 Å². The number of imidazole rings is 1. The highest BCUT2D eigenvalue weighted by atomic mass is 16.1. The Hall–Kier alpha value is -3.38. The van der Waals surface area contributed by atoms with E-state index < -0.39 is 0 Å². The number of benzene rings is 2. The normalized spacial score (nSPS) is 16.4. The number of hydrogen-bond donors (Lipinski definition) is 2. The van der Waals surface area contributed by atoms with E-state index in [0.717, 1.165) is 35.8 Å². The fraction of sp³-hybridized carbons (Fsp3) is 0.308. The van der Waals surface area contributed by atoms with Crippen molar-refractivity contribution in [3.63, 3.8) is 0 Å². The Labute approximate surface area is 186 Å². The molecule has 0 spiro atoms. The Morgan fingerprint density at radius 3 is 2.75 bits per heavy atom. The molecule has 0 amide bonds. The van der Waals surface area contributed by atoms with Crippen LogP contribution in [-0.4, -0.2) is 39.6 Å². The number of pyridine rings is 1. The van der Waals surface area contributed by atoms with Crippen molar-refractivity contribution in [2.45, 2.75) is 32.1 Å². The van der Waals surface area contributed by atoms with Gasteiger partial charge in [0.25, 0.3) is 0 Å². The Bertz CT molecular complexity index is 1290. The Morgan fingerprint density at radius 1 is 1.03 bits per heavy atom. The Balaban J connectivity index is 1.32. The van der Waals surface area contributed by atoms with Crippen molar-refractivity contribution < 1.29 is 9.59 Å². The molecule has 6 nitrogen and oxygen atoms in total. The average molecular weight is 427 g/mol. The number of carbonyl (C=O) groups excluding carboxylic acids is 2. The second-order valence-electron chi connectivity index (χ2n) is 8.58. The first-order valence-electron chi connectivity index (χ1n) is 11.3. The topological polar surface area (TPSA) is 87.7 Å². The number of para-hydroxylation sites is 1. The van der Waals surface area contributed by atoms with Crippen LogP contribution in [0.1, 0.15) is 52.4 Å². The van der Waals surface area contributed by atoms with Gasteiger partial charge in [-0.05, 0) is 61.9 Å². The number of H-pyrrole nitrogens is 1. The van der Waals surface area contributed by atoms with Gasteiger partial charge in [-0.2, -0.15) is 0 Å². The molecule has 0 saturated carbocycles. The van der Waals surface area contributed by atoms with Crippen molar-refractivity contribution in [1.29, 1.82) is 0 Å². The van der Waals surface area contributed by atoms with Crippen LogP contribution in [0, 0.1) is 5.92 Å². The molecule has 0 radical (unpaired) electrons. The first-order valence-corrected chi connectivity index (χ1v) is 11.3. The summed E-state index contributed by atoms with van der Waals surface area (Å²) in [4.78, 5) is 37.9. The van der Waals surface area contributed by atoms with E-state index in [1.165, 1.54) is 12.8 Å². The zero-order chi connectivity index (χ0) is 21.9. The third-order valence-electron chi connectivity index (χ3n) is 6.29. The monoisotopic (exact) mass is 426 g/mol.